The highest BCUT2D eigenvalue weighted by atomic mass is 127. The van der Waals surface area contributed by atoms with Crippen molar-refractivity contribution in [2.75, 3.05) is 0 Å². The zero-order chi connectivity index (χ0) is 7.84. The van der Waals surface area contributed by atoms with Crippen LogP contribution in [0.1, 0.15) is 11.1 Å². The Morgan fingerprint density at radius 3 is 1.91 bits per heavy atom. The zero-order valence-corrected chi connectivity index (χ0v) is 10.0. The molecule has 0 aromatic heterocycles. The summed E-state index contributed by atoms with van der Waals surface area (Å²) in [6, 6.07) is 4.30. The molecule has 1 aromatic rings. The van der Waals surface area contributed by atoms with Crippen molar-refractivity contribution in [3.05, 3.63) is 30.4 Å². The van der Waals surface area contributed by atoms with Crippen LogP contribution in [0.25, 0.3) is 0 Å². The lowest BCUT2D eigenvalue weighted by Gasteiger charge is -2.01. The van der Waals surface area contributed by atoms with Crippen molar-refractivity contribution >= 4 is 45.2 Å². The second-order valence-electron chi connectivity index (χ2n) is 2.48. The van der Waals surface area contributed by atoms with Crippen molar-refractivity contribution < 1.29 is 4.74 Å². The first-order valence-electron chi connectivity index (χ1n) is 3.32. The summed E-state index contributed by atoms with van der Waals surface area (Å²) in [5, 5.41) is 0. The number of fused-ring (bicyclic) bond motifs is 1. The van der Waals surface area contributed by atoms with Gasteiger partial charge in [0.2, 0.25) is 0 Å². The summed E-state index contributed by atoms with van der Waals surface area (Å²) in [4.78, 5) is 0. The van der Waals surface area contributed by atoms with Gasteiger partial charge in [0.15, 0.2) is 0 Å². The van der Waals surface area contributed by atoms with Crippen LogP contribution in [-0.4, -0.2) is 0 Å². The maximum atomic E-state index is 5.37. The largest absolute Gasteiger partial charge is 0.372 e. The van der Waals surface area contributed by atoms with E-state index in [0.29, 0.717) is 0 Å². The van der Waals surface area contributed by atoms with E-state index in [-0.39, 0.29) is 0 Å². The minimum atomic E-state index is 0.796. The van der Waals surface area contributed by atoms with Gasteiger partial charge in [-0.25, -0.2) is 0 Å². The Labute approximate surface area is 92.8 Å². The molecule has 0 amide bonds. The van der Waals surface area contributed by atoms with Gasteiger partial charge in [-0.2, -0.15) is 0 Å². The minimum absolute atomic E-state index is 0.796. The van der Waals surface area contributed by atoms with Crippen molar-refractivity contribution in [1.29, 1.82) is 0 Å². The fourth-order valence-corrected chi connectivity index (χ4v) is 2.53. The molecule has 0 aliphatic carbocycles. The summed E-state index contributed by atoms with van der Waals surface area (Å²) in [5.41, 5.74) is 2.77. The summed E-state index contributed by atoms with van der Waals surface area (Å²) in [6.45, 7) is 1.59. The number of hydrogen-bond acceptors (Lipinski definition) is 1. The Hall–Kier alpha value is 0.640. The first kappa shape index (κ1) is 8.25. The third kappa shape index (κ3) is 1.42. The molecule has 0 atom stereocenters. The fourth-order valence-electron chi connectivity index (χ4n) is 1.20. The van der Waals surface area contributed by atoms with Gasteiger partial charge < -0.3 is 4.74 Å². The molecular weight excluding hydrogens is 366 g/mol. The van der Waals surface area contributed by atoms with Crippen LogP contribution in [0.3, 0.4) is 0 Å². The molecule has 0 N–H and O–H groups in total. The third-order valence-electron chi connectivity index (χ3n) is 1.81. The van der Waals surface area contributed by atoms with Crippen LogP contribution in [0.2, 0.25) is 0 Å². The lowest BCUT2D eigenvalue weighted by atomic mass is 10.1. The second kappa shape index (κ2) is 3.18. The van der Waals surface area contributed by atoms with Gasteiger partial charge in [0.1, 0.15) is 0 Å². The SMILES string of the molecule is Ic1ccc(I)c2c1COC2. The topological polar surface area (TPSA) is 9.23 Å². The van der Waals surface area contributed by atoms with Crippen molar-refractivity contribution in [1.82, 2.24) is 0 Å². The molecule has 58 valence electrons. The maximum Gasteiger partial charge on any atom is 0.0735 e. The Balaban J connectivity index is 2.64. The zero-order valence-electron chi connectivity index (χ0n) is 5.73. The van der Waals surface area contributed by atoms with Crippen LogP contribution in [0.15, 0.2) is 12.1 Å². The van der Waals surface area contributed by atoms with Crippen molar-refractivity contribution in [3.63, 3.8) is 0 Å². The third-order valence-corrected chi connectivity index (χ3v) is 3.83. The van der Waals surface area contributed by atoms with Gasteiger partial charge >= 0.3 is 0 Å². The van der Waals surface area contributed by atoms with E-state index in [0.717, 1.165) is 13.2 Å². The second-order valence-corrected chi connectivity index (χ2v) is 4.80. The standard InChI is InChI=1S/C8H6I2O/c9-7-1-2-8(10)6-4-11-3-5(6)7/h1-2H,3-4H2. The fraction of sp³-hybridized carbons (Fsp3) is 0.250. The van der Waals surface area contributed by atoms with E-state index in [1.807, 2.05) is 0 Å². The normalized spacial score (nSPS) is 15.1. The van der Waals surface area contributed by atoms with Gasteiger partial charge in [0.25, 0.3) is 0 Å². The van der Waals surface area contributed by atoms with E-state index >= 15 is 0 Å². The van der Waals surface area contributed by atoms with Crippen molar-refractivity contribution in [2.24, 2.45) is 0 Å². The average Bonchev–Trinajstić information content (AvgIpc) is 2.45. The molecule has 1 aliphatic rings. The molecule has 1 nitrogen and oxygen atoms in total. The number of rotatable bonds is 0. The molecule has 3 heteroatoms. The number of ether oxygens (including phenoxy) is 1. The van der Waals surface area contributed by atoms with Crippen molar-refractivity contribution in [2.45, 2.75) is 13.2 Å². The number of hydrogen-bond donors (Lipinski definition) is 0. The molecule has 0 saturated heterocycles. The summed E-state index contributed by atoms with van der Waals surface area (Å²) in [6.07, 6.45) is 0. The summed E-state index contributed by atoms with van der Waals surface area (Å²) >= 11 is 4.72. The monoisotopic (exact) mass is 372 g/mol. The lowest BCUT2D eigenvalue weighted by molar-refractivity contribution is 0.134. The quantitative estimate of drug-likeness (QED) is 0.637. The summed E-state index contributed by atoms with van der Waals surface area (Å²) in [7, 11) is 0. The van der Waals surface area contributed by atoms with Gasteiger partial charge in [-0.3, -0.25) is 0 Å². The Kier molecular flexibility index (Phi) is 2.38. The molecule has 0 saturated carbocycles. The van der Waals surface area contributed by atoms with E-state index in [9.17, 15) is 0 Å². The van der Waals surface area contributed by atoms with Crippen LogP contribution in [0.5, 0.6) is 0 Å². The van der Waals surface area contributed by atoms with Crippen molar-refractivity contribution in [3.8, 4) is 0 Å². The molecular formula is C8H6I2O. The van der Waals surface area contributed by atoms with Gasteiger partial charge in [-0.05, 0) is 68.4 Å². The smallest absolute Gasteiger partial charge is 0.0735 e. The van der Waals surface area contributed by atoms with E-state index in [2.05, 4.69) is 57.3 Å². The Morgan fingerprint density at radius 2 is 1.45 bits per heavy atom. The molecule has 2 rings (SSSR count). The number of benzene rings is 1. The van der Waals surface area contributed by atoms with E-state index in [1.54, 1.807) is 0 Å². The van der Waals surface area contributed by atoms with Gasteiger partial charge in [0, 0.05) is 7.14 Å². The molecule has 0 unspecified atom stereocenters. The lowest BCUT2D eigenvalue weighted by Crippen LogP contribution is -1.89. The molecule has 11 heavy (non-hydrogen) atoms. The molecule has 1 aliphatic heterocycles. The average molecular weight is 372 g/mol. The molecule has 1 aromatic carbocycles. The Bertz CT molecular complexity index is 267. The van der Waals surface area contributed by atoms with E-state index in [4.69, 9.17) is 4.74 Å². The van der Waals surface area contributed by atoms with Crippen LogP contribution >= 0.6 is 45.2 Å². The molecule has 0 spiro atoms. The highest BCUT2D eigenvalue weighted by molar-refractivity contribution is 14.1. The first-order valence-corrected chi connectivity index (χ1v) is 5.48. The molecule has 1 heterocycles. The van der Waals surface area contributed by atoms with Gasteiger partial charge in [0.05, 0.1) is 13.2 Å². The number of halogens is 2. The highest BCUT2D eigenvalue weighted by Gasteiger charge is 2.16. The van der Waals surface area contributed by atoms with E-state index < -0.39 is 0 Å². The predicted octanol–water partition coefficient (Wildman–Crippen LogP) is 2.93. The summed E-state index contributed by atoms with van der Waals surface area (Å²) < 4.78 is 8.03. The minimum Gasteiger partial charge on any atom is -0.372 e. The molecule has 0 bridgehead atoms. The Morgan fingerprint density at radius 1 is 1.00 bits per heavy atom. The van der Waals surface area contributed by atoms with Crippen LogP contribution in [-0.2, 0) is 18.0 Å². The van der Waals surface area contributed by atoms with Crippen LogP contribution in [0, 0.1) is 7.14 Å². The summed E-state index contributed by atoms with van der Waals surface area (Å²) in [5.74, 6) is 0. The first-order chi connectivity index (χ1) is 5.29. The van der Waals surface area contributed by atoms with E-state index in [1.165, 1.54) is 18.3 Å². The molecule has 0 fully saturated rings. The van der Waals surface area contributed by atoms with Crippen LogP contribution < -0.4 is 0 Å². The van der Waals surface area contributed by atoms with Crippen LogP contribution in [0.4, 0.5) is 0 Å². The highest BCUT2D eigenvalue weighted by Crippen LogP contribution is 2.28. The molecule has 0 radical (unpaired) electrons. The van der Waals surface area contributed by atoms with Gasteiger partial charge in [-0.15, -0.1) is 0 Å². The predicted molar refractivity (Wildman–Crippen MR) is 60.4 cm³/mol. The van der Waals surface area contributed by atoms with Gasteiger partial charge in [-0.1, -0.05) is 0 Å². The maximum absolute atomic E-state index is 5.37.